The number of halogens is 3. The number of pyridine rings is 1. The summed E-state index contributed by atoms with van der Waals surface area (Å²) >= 11 is 0. The molecule has 0 aliphatic rings. The molecule has 0 saturated heterocycles. The fourth-order valence-corrected chi connectivity index (χ4v) is 2.10. The van der Waals surface area contributed by atoms with Crippen molar-refractivity contribution >= 4 is 5.91 Å². The van der Waals surface area contributed by atoms with E-state index in [2.05, 4.69) is 10.3 Å². The summed E-state index contributed by atoms with van der Waals surface area (Å²) in [5.74, 6) is -0.628. The van der Waals surface area contributed by atoms with Crippen LogP contribution in [0.2, 0.25) is 0 Å². The number of furan rings is 1. The fourth-order valence-electron chi connectivity index (χ4n) is 2.10. The second kappa shape index (κ2) is 6.82. The molecule has 0 radical (unpaired) electrons. The standard InChI is InChI=1S/C15H15F3N2O3/c1-9(8-11(21)12-5-3-7-23-12)20-14(22)13-10(15(16,17)18)4-2-6-19-13/h2-7,9,11,21H,8H2,1H3,(H,20,22). The lowest BCUT2D eigenvalue weighted by atomic mass is 10.1. The minimum Gasteiger partial charge on any atom is -0.467 e. The fraction of sp³-hybridized carbons (Fsp3) is 0.333. The number of aliphatic hydroxyl groups excluding tert-OH is 1. The molecule has 0 aliphatic carbocycles. The maximum absolute atomic E-state index is 12.9. The average molecular weight is 328 g/mol. The van der Waals surface area contributed by atoms with Gasteiger partial charge in [0.05, 0.1) is 11.8 Å². The molecule has 2 atom stereocenters. The van der Waals surface area contributed by atoms with Crippen molar-refractivity contribution in [2.75, 3.05) is 0 Å². The van der Waals surface area contributed by atoms with E-state index in [9.17, 15) is 23.1 Å². The lowest BCUT2D eigenvalue weighted by Crippen LogP contribution is -2.35. The molecule has 124 valence electrons. The normalized spacial score (nSPS) is 14.3. The maximum Gasteiger partial charge on any atom is 0.418 e. The first-order valence-electron chi connectivity index (χ1n) is 6.83. The van der Waals surface area contributed by atoms with Crippen molar-refractivity contribution in [3.05, 3.63) is 53.7 Å². The van der Waals surface area contributed by atoms with Crippen LogP contribution in [0.25, 0.3) is 0 Å². The molecule has 2 N–H and O–H groups in total. The van der Waals surface area contributed by atoms with Crippen molar-refractivity contribution in [2.24, 2.45) is 0 Å². The predicted molar refractivity (Wildman–Crippen MR) is 74.5 cm³/mol. The zero-order chi connectivity index (χ0) is 17.0. The van der Waals surface area contributed by atoms with Crippen LogP contribution in [-0.2, 0) is 6.18 Å². The first kappa shape index (κ1) is 17.0. The van der Waals surface area contributed by atoms with Crippen molar-refractivity contribution < 1.29 is 27.5 Å². The zero-order valence-electron chi connectivity index (χ0n) is 12.2. The summed E-state index contributed by atoms with van der Waals surface area (Å²) in [4.78, 5) is 15.5. The number of amides is 1. The molecule has 1 amide bonds. The second-order valence-corrected chi connectivity index (χ2v) is 5.04. The van der Waals surface area contributed by atoms with Crippen LogP contribution in [-0.4, -0.2) is 22.0 Å². The van der Waals surface area contributed by atoms with E-state index in [1.165, 1.54) is 6.26 Å². The number of aliphatic hydroxyl groups is 1. The number of hydrogen-bond donors (Lipinski definition) is 2. The van der Waals surface area contributed by atoms with E-state index in [0.717, 1.165) is 18.3 Å². The first-order valence-corrected chi connectivity index (χ1v) is 6.83. The average Bonchev–Trinajstić information content (AvgIpc) is 3.00. The molecule has 2 aromatic heterocycles. The van der Waals surface area contributed by atoms with Crippen molar-refractivity contribution in [3.8, 4) is 0 Å². The largest absolute Gasteiger partial charge is 0.467 e. The molecule has 0 aromatic carbocycles. The van der Waals surface area contributed by atoms with Gasteiger partial charge in [-0.25, -0.2) is 0 Å². The highest BCUT2D eigenvalue weighted by Crippen LogP contribution is 2.31. The number of nitrogens with zero attached hydrogens (tertiary/aromatic N) is 1. The quantitative estimate of drug-likeness (QED) is 0.885. The molecule has 0 bridgehead atoms. The molecule has 5 nitrogen and oxygen atoms in total. The summed E-state index contributed by atoms with van der Waals surface area (Å²) in [6, 6.07) is 4.50. The van der Waals surface area contributed by atoms with Gasteiger partial charge in [-0.1, -0.05) is 0 Å². The zero-order valence-corrected chi connectivity index (χ0v) is 12.2. The molecule has 2 heterocycles. The third-order valence-electron chi connectivity index (χ3n) is 3.15. The number of nitrogens with one attached hydrogen (secondary N) is 1. The highest BCUT2D eigenvalue weighted by atomic mass is 19.4. The van der Waals surface area contributed by atoms with E-state index in [4.69, 9.17) is 4.42 Å². The number of carbonyl (C=O) groups excluding carboxylic acids is 1. The molecule has 2 unspecified atom stereocenters. The van der Waals surface area contributed by atoms with Crippen LogP contribution >= 0.6 is 0 Å². The monoisotopic (exact) mass is 328 g/mol. The molecule has 8 heteroatoms. The van der Waals surface area contributed by atoms with Crippen LogP contribution < -0.4 is 5.32 Å². The van der Waals surface area contributed by atoms with Crippen LogP contribution in [0.3, 0.4) is 0 Å². The third-order valence-corrected chi connectivity index (χ3v) is 3.15. The third kappa shape index (κ3) is 4.32. The summed E-state index contributed by atoms with van der Waals surface area (Å²) in [6.07, 6.45) is -3.03. The minimum atomic E-state index is -4.67. The van der Waals surface area contributed by atoms with Crippen molar-refractivity contribution in [1.82, 2.24) is 10.3 Å². The number of hydrogen-bond acceptors (Lipinski definition) is 4. The number of aromatic nitrogens is 1. The molecule has 0 saturated carbocycles. The number of rotatable bonds is 5. The Morgan fingerprint density at radius 2 is 2.13 bits per heavy atom. The van der Waals surface area contributed by atoms with E-state index in [-0.39, 0.29) is 6.42 Å². The molecule has 0 aliphatic heterocycles. The first-order chi connectivity index (χ1) is 10.8. The number of alkyl halides is 3. The number of carbonyl (C=O) groups is 1. The predicted octanol–water partition coefficient (Wildman–Crippen LogP) is 2.94. The van der Waals surface area contributed by atoms with Gasteiger partial charge in [-0.15, -0.1) is 0 Å². The highest BCUT2D eigenvalue weighted by Gasteiger charge is 2.36. The summed E-state index contributed by atoms with van der Waals surface area (Å²) in [5.41, 5.74) is -1.80. The van der Waals surface area contributed by atoms with Gasteiger partial charge in [0.2, 0.25) is 0 Å². The summed E-state index contributed by atoms with van der Waals surface area (Å²) in [7, 11) is 0. The highest BCUT2D eigenvalue weighted by molar-refractivity contribution is 5.94. The van der Waals surface area contributed by atoms with E-state index in [1.807, 2.05) is 0 Å². The molecule has 0 fully saturated rings. The summed E-state index contributed by atoms with van der Waals surface area (Å²) in [6.45, 7) is 1.57. The Hall–Kier alpha value is -2.35. The SMILES string of the molecule is CC(CC(O)c1ccco1)NC(=O)c1ncccc1C(F)(F)F. The van der Waals surface area contributed by atoms with E-state index < -0.39 is 35.5 Å². The molecule has 0 spiro atoms. The van der Waals surface area contributed by atoms with Crippen LogP contribution in [0.5, 0.6) is 0 Å². The molecular weight excluding hydrogens is 313 g/mol. The van der Waals surface area contributed by atoms with Gasteiger partial charge in [0.25, 0.3) is 5.91 Å². The van der Waals surface area contributed by atoms with Crippen LogP contribution in [0.15, 0.2) is 41.1 Å². The van der Waals surface area contributed by atoms with Gasteiger partial charge in [-0.05, 0) is 31.2 Å². The van der Waals surface area contributed by atoms with E-state index in [1.54, 1.807) is 19.1 Å². The Kier molecular flexibility index (Phi) is 5.05. The topological polar surface area (TPSA) is 75.4 Å². The van der Waals surface area contributed by atoms with E-state index in [0.29, 0.717) is 5.76 Å². The lowest BCUT2D eigenvalue weighted by Gasteiger charge is -2.18. The lowest BCUT2D eigenvalue weighted by molar-refractivity contribution is -0.138. The van der Waals surface area contributed by atoms with Crippen molar-refractivity contribution in [2.45, 2.75) is 31.7 Å². The Bertz CT molecular complexity index is 656. The second-order valence-electron chi connectivity index (χ2n) is 5.04. The van der Waals surface area contributed by atoms with Crippen molar-refractivity contribution in [1.29, 1.82) is 0 Å². The van der Waals surface area contributed by atoms with Crippen LogP contribution in [0.1, 0.15) is 41.3 Å². The maximum atomic E-state index is 12.9. The van der Waals surface area contributed by atoms with E-state index >= 15 is 0 Å². The molecule has 2 aromatic rings. The Balaban J connectivity index is 2.05. The van der Waals surface area contributed by atoms with Gasteiger partial charge in [0.1, 0.15) is 17.6 Å². The van der Waals surface area contributed by atoms with Gasteiger partial charge < -0.3 is 14.8 Å². The Morgan fingerprint density at radius 1 is 1.39 bits per heavy atom. The van der Waals surface area contributed by atoms with Crippen LogP contribution in [0, 0.1) is 0 Å². The summed E-state index contributed by atoms with van der Waals surface area (Å²) < 4.78 is 43.6. The van der Waals surface area contributed by atoms with Crippen molar-refractivity contribution in [3.63, 3.8) is 0 Å². The smallest absolute Gasteiger partial charge is 0.418 e. The van der Waals surface area contributed by atoms with Gasteiger partial charge >= 0.3 is 6.18 Å². The van der Waals surface area contributed by atoms with Gasteiger partial charge in [-0.2, -0.15) is 13.2 Å². The Labute approximate surface area is 130 Å². The summed E-state index contributed by atoms with van der Waals surface area (Å²) in [5, 5.41) is 12.3. The minimum absolute atomic E-state index is 0.0907. The molecule has 23 heavy (non-hydrogen) atoms. The van der Waals surface area contributed by atoms with Gasteiger partial charge in [0, 0.05) is 18.7 Å². The molecular formula is C15H15F3N2O3. The Morgan fingerprint density at radius 3 is 2.74 bits per heavy atom. The molecule has 2 rings (SSSR count). The van der Waals surface area contributed by atoms with Gasteiger partial charge in [-0.3, -0.25) is 9.78 Å². The van der Waals surface area contributed by atoms with Gasteiger partial charge in [0.15, 0.2) is 0 Å². The van der Waals surface area contributed by atoms with Crippen LogP contribution in [0.4, 0.5) is 13.2 Å².